The van der Waals surface area contributed by atoms with Crippen molar-refractivity contribution in [1.82, 2.24) is 20.3 Å². The Morgan fingerprint density at radius 2 is 1.82 bits per heavy atom. The van der Waals surface area contributed by atoms with Gasteiger partial charge in [0, 0.05) is 12.5 Å². The Morgan fingerprint density at radius 3 is 2.61 bits per heavy atom. The molecule has 1 amide bonds. The predicted octanol–water partition coefficient (Wildman–Crippen LogP) is 2.91. The number of hydrogen-bond acceptors (Lipinski definition) is 4. The molecule has 1 aromatic heterocycles. The zero-order chi connectivity index (χ0) is 19.2. The molecule has 144 valence electrons. The largest absolute Gasteiger partial charge is 0.373 e. The second kappa shape index (κ2) is 8.80. The minimum absolute atomic E-state index is 0.0437. The number of hydrogen-bond donors (Lipinski definition) is 1. The number of rotatable bonds is 3. The maximum Gasteiger partial charge on any atom is 0.224 e. The predicted molar refractivity (Wildman–Crippen MR) is 105 cm³/mol. The van der Waals surface area contributed by atoms with Gasteiger partial charge in [-0.15, -0.1) is 5.10 Å². The molecule has 0 spiro atoms. The highest BCUT2D eigenvalue weighted by Crippen LogP contribution is 2.19. The van der Waals surface area contributed by atoms with Crippen molar-refractivity contribution in [1.29, 1.82) is 0 Å². The highest BCUT2D eigenvalue weighted by atomic mass is 16.5. The van der Waals surface area contributed by atoms with Crippen LogP contribution in [0.3, 0.4) is 0 Å². The lowest BCUT2D eigenvalue weighted by Crippen LogP contribution is -2.37. The Balaban J connectivity index is 1.58. The summed E-state index contributed by atoms with van der Waals surface area (Å²) in [6.07, 6.45) is 3.29. The summed E-state index contributed by atoms with van der Waals surface area (Å²) in [7, 11) is 0. The van der Waals surface area contributed by atoms with Crippen molar-refractivity contribution < 1.29 is 9.53 Å². The smallest absolute Gasteiger partial charge is 0.224 e. The van der Waals surface area contributed by atoms with Crippen LogP contribution >= 0.6 is 0 Å². The van der Waals surface area contributed by atoms with Gasteiger partial charge in [-0.2, -0.15) is 0 Å². The van der Waals surface area contributed by atoms with E-state index < -0.39 is 0 Å². The van der Waals surface area contributed by atoms with E-state index in [0.717, 1.165) is 16.8 Å². The van der Waals surface area contributed by atoms with E-state index in [9.17, 15) is 4.79 Å². The van der Waals surface area contributed by atoms with Crippen molar-refractivity contribution in [3.05, 3.63) is 83.7 Å². The summed E-state index contributed by atoms with van der Waals surface area (Å²) < 4.78 is 7.63. The monoisotopic (exact) mass is 376 g/mol. The van der Waals surface area contributed by atoms with Crippen molar-refractivity contribution in [3.8, 4) is 0 Å². The van der Waals surface area contributed by atoms with Crippen LogP contribution < -0.4 is 5.32 Å². The van der Waals surface area contributed by atoms with Gasteiger partial charge in [-0.3, -0.25) is 9.48 Å². The molecule has 0 saturated heterocycles. The van der Waals surface area contributed by atoms with Gasteiger partial charge in [0.1, 0.15) is 5.69 Å². The number of aryl methyl sites for hydroxylation is 1. The molecule has 3 aromatic rings. The standard InChI is InChI=1S/C22H24N4O2/c27-22-19(13-17-7-3-1-4-8-17)11-12-26-14-20(24-25-26)15-28-16-21(23-22)18-9-5-2-6-10-18/h1-10,14,19,21H,11-13,15-16H2,(H,23,27)/t19-,21+/m1/s1. The van der Waals surface area contributed by atoms with Gasteiger partial charge >= 0.3 is 0 Å². The third kappa shape index (κ3) is 4.64. The average Bonchev–Trinajstić information content (AvgIpc) is 3.19. The maximum atomic E-state index is 13.2. The Kier molecular flexibility index (Phi) is 5.77. The zero-order valence-corrected chi connectivity index (χ0v) is 15.7. The molecule has 2 aromatic carbocycles. The summed E-state index contributed by atoms with van der Waals surface area (Å²) in [5.74, 6) is -0.108. The molecule has 1 aliphatic heterocycles. The molecule has 0 saturated carbocycles. The van der Waals surface area contributed by atoms with Crippen LogP contribution in [-0.2, 0) is 29.1 Å². The van der Waals surface area contributed by atoms with Crippen LogP contribution in [0.5, 0.6) is 0 Å². The van der Waals surface area contributed by atoms with Crippen molar-refractivity contribution in [3.63, 3.8) is 0 Å². The van der Waals surface area contributed by atoms with E-state index in [1.54, 1.807) is 4.68 Å². The molecule has 2 bridgehead atoms. The minimum Gasteiger partial charge on any atom is -0.373 e. The fourth-order valence-corrected chi connectivity index (χ4v) is 3.50. The lowest BCUT2D eigenvalue weighted by atomic mass is 9.94. The number of amides is 1. The number of carbonyl (C=O) groups excluding carboxylic acids is 1. The third-order valence-corrected chi connectivity index (χ3v) is 5.04. The first-order valence-corrected chi connectivity index (χ1v) is 9.64. The van der Waals surface area contributed by atoms with E-state index in [0.29, 0.717) is 32.6 Å². The van der Waals surface area contributed by atoms with Crippen molar-refractivity contribution in [2.75, 3.05) is 6.61 Å². The minimum atomic E-state index is -0.193. The number of nitrogens with zero attached hydrogens (tertiary/aromatic N) is 3. The molecule has 28 heavy (non-hydrogen) atoms. The molecule has 0 unspecified atom stereocenters. The average molecular weight is 376 g/mol. The van der Waals surface area contributed by atoms with Crippen LogP contribution in [0.2, 0.25) is 0 Å². The SMILES string of the molecule is O=C1N[C@H](c2ccccc2)COCc2cn(nn2)CC[C@@H]1Cc1ccccc1. The first-order valence-electron chi connectivity index (χ1n) is 9.64. The van der Waals surface area contributed by atoms with E-state index >= 15 is 0 Å². The van der Waals surface area contributed by atoms with Gasteiger partial charge in [0.15, 0.2) is 0 Å². The molecular weight excluding hydrogens is 352 g/mol. The van der Waals surface area contributed by atoms with E-state index in [4.69, 9.17) is 4.74 Å². The fraction of sp³-hybridized carbons (Fsp3) is 0.318. The topological polar surface area (TPSA) is 69.0 Å². The second-order valence-corrected chi connectivity index (χ2v) is 7.14. The molecule has 2 heterocycles. The first-order chi connectivity index (χ1) is 13.8. The van der Waals surface area contributed by atoms with Gasteiger partial charge in [-0.1, -0.05) is 65.9 Å². The molecule has 6 nitrogen and oxygen atoms in total. The molecule has 4 rings (SSSR count). The molecule has 2 atom stereocenters. The number of aromatic nitrogens is 3. The lowest BCUT2D eigenvalue weighted by molar-refractivity contribution is -0.126. The highest BCUT2D eigenvalue weighted by Gasteiger charge is 2.24. The number of ether oxygens (including phenoxy) is 1. The van der Waals surface area contributed by atoms with E-state index in [1.165, 1.54) is 0 Å². The summed E-state index contributed by atoms with van der Waals surface area (Å²) in [4.78, 5) is 13.2. The van der Waals surface area contributed by atoms with Crippen molar-refractivity contribution >= 4 is 5.91 Å². The Hall–Kier alpha value is -2.99. The Morgan fingerprint density at radius 1 is 1.07 bits per heavy atom. The Labute approximate surface area is 164 Å². The number of nitrogens with one attached hydrogen (secondary N) is 1. The lowest BCUT2D eigenvalue weighted by Gasteiger charge is -2.24. The van der Waals surface area contributed by atoms with Crippen LogP contribution in [0.1, 0.15) is 29.3 Å². The summed E-state index contributed by atoms with van der Waals surface area (Å²) in [5.41, 5.74) is 3.00. The van der Waals surface area contributed by atoms with Crippen LogP contribution in [0.4, 0.5) is 0 Å². The van der Waals surface area contributed by atoms with Crippen LogP contribution in [-0.4, -0.2) is 27.5 Å². The van der Waals surface area contributed by atoms with Crippen LogP contribution in [0.25, 0.3) is 0 Å². The molecule has 0 radical (unpaired) electrons. The first kappa shape index (κ1) is 18.4. The summed E-state index contributed by atoms with van der Waals surface area (Å²) >= 11 is 0. The molecular formula is C22H24N4O2. The molecule has 0 fully saturated rings. The van der Waals surface area contributed by atoms with E-state index in [-0.39, 0.29) is 17.9 Å². The normalized spacial score (nSPS) is 20.6. The number of carbonyl (C=O) groups is 1. The maximum absolute atomic E-state index is 13.2. The molecule has 6 heteroatoms. The Bertz CT molecular complexity index is 895. The zero-order valence-electron chi connectivity index (χ0n) is 15.7. The van der Waals surface area contributed by atoms with E-state index in [1.807, 2.05) is 54.7 Å². The number of fused-ring (bicyclic) bond motifs is 2. The second-order valence-electron chi connectivity index (χ2n) is 7.14. The summed E-state index contributed by atoms with van der Waals surface area (Å²) in [5, 5.41) is 11.5. The van der Waals surface area contributed by atoms with Crippen molar-refractivity contribution in [2.45, 2.75) is 32.0 Å². The van der Waals surface area contributed by atoms with Gasteiger partial charge in [0.25, 0.3) is 0 Å². The number of benzene rings is 2. The molecule has 0 aliphatic carbocycles. The highest BCUT2D eigenvalue weighted by molar-refractivity contribution is 5.79. The van der Waals surface area contributed by atoms with Gasteiger partial charge < -0.3 is 10.1 Å². The van der Waals surface area contributed by atoms with E-state index in [2.05, 4.69) is 27.8 Å². The van der Waals surface area contributed by atoms with Crippen LogP contribution in [0, 0.1) is 5.92 Å². The van der Waals surface area contributed by atoms with Crippen LogP contribution in [0.15, 0.2) is 66.9 Å². The quantitative estimate of drug-likeness (QED) is 0.763. The third-order valence-electron chi connectivity index (χ3n) is 5.04. The summed E-state index contributed by atoms with van der Waals surface area (Å²) in [6.45, 7) is 1.42. The van der Waals surface area contributed by atoms with Gasteiger partial charge in [-0.05, 0) is 24.0 Å². The van der Waals surface area contributed by atoms with Gasteiger partial charge in [0.05, 0.1) is 25.5 Å². The fourth-order valence-electron chi connectivity index (χ4n) is 3.50. The summed E-state index contributed by atoms with van der Waals surface area (Å²) in [6, 6.07) is 19.9. The van der Waals surface area contributed by atoms with Gasteiger partial charge in [-0.25, -0.2) is 0 Å². The van der Waals surface area contributed by atoms with Gasteiger partial charge in [0.2, 0.25) is 5.91 Å². The van der Waals surface area contributed by atoms with Crippen molar-refractivity contribution in [2.24, 2.45) is 5.92 Å². The molecule has 1 N–H and O–H groups in total. The molecule has 1 aliphatic rings.